The highest BCUT2D eigenvalue weighted by Gasteiger charge is 2.07. The van der Waals surface area contributed by atoms with Crippen LogP contribution in [0.3, 0.4) is 0 Å². The number of amides is 1. The number of carbonyl (C=O) groups excluding carboxylic acids is 1. The van der Waals surface area contributed by atoms with Gasteiger partial charge in [0, 0.05) is 4.47 Å². The second-order valence-corrected chi connectivity index (χ2v) is 5.06. The first kappa shape index (κ1) is 13.3. The zero-order valence-corrected chi connectivity index (χ0v) is 11.4. The second kappa shape index (κ2) is 6.11. The number of hydrogen-bond donors (Lipinski definition) is 1. The van der Waals surface area contributed by atoms with Crippen LogP contribution >= 0.6 is 27.5 Å². The molecule has 0 aliphatic carbocycles. The predicted molar refractivity (Wildman–Crippen MR) is 69.0 cm³/mol. The minimum Gasteiger partial charge on any atom is -0.449 e. The standard InChI is InChI=1S/C11H13BrClNO2/c1-7(2)6-16-11(15)14-10-5-8(12)3-4-9(10)13/h3-5,7H,6H2,1-2H3,(H,14,15). The summed E-state index contributed by atoms with van der Waals surface area (Å²) in [6.07, 6.45) is -0.492. The van der Waals surface area contributed by atoms with Crippen molar-refractivity contribution in [3.63, 3.8) is 0 Å². The van der Waals surface area contributed by atoms with Crippen LogP contribution in [0.15, 0.2) is 22.7 Å². The maximum absolute atomic E-state index is 11.4. The van der Waals surface area contributed by atoms with Gasteiger partial charge in [-0.2, -0.15) is 0 Å². The molecule has 0 heterocycles. The molecule has 0 saturated heterocycles. The Morgan fingerprint density at radius 1 is 1.56 bits per heavy atom. The van der Waals surface area contributed by atoms with Crippen LogP contribution in [0.25, 0.3) is 0 Å². The fraction of sp³-hybridized carbons (Fsp3) is 0.364. The average Bonchev–Trinajstić information content (AvgIpc) is 2.20. The summed E-state index contributed by atoms with van der Waals surface area (Å²) in [6.45, 7) is 4.33. The van der Waals surface area contributed by atoms with Gasteiger partial charge >= 0.3 is 6.09 Å². The number of anilines is 1. The minimum atomic E-state index is -0.492. The first-order chi connectivity index (χ1) is 7.49. The highest BCUT2D eigenvalue weighted by Crippen LogP contribution is 2.25. The van der Waals surface area contributed by atoms with Gasteiger partial charge in [0.2, 0.25) is 0 Å². The van der Waals surface area contributed by atoms with Crippen molar-refractivity contribution in [2.45, 2.75) is 13.8 Å². The maximum atomic E-state index is 11.4. The summed E-state index contributed by atoms with van der Waals surface area (Å²) in [7, 11) is 0. The first-order valence-electron chi connectivity index (χ1n) is 4.88. The molecule has 0 aromatic heterocycles. The van der Waals surface area contributed by atoms with Crippen molar-refractivity contribution < 1.29 is 9.53 Å². The van der Waals surface area contributed by atoms with Gasteiger partial charge in [-0.25, -0.2) is 4.79 Å². The molecule has 0 spiro atoms. The number of rotatable bonds is 3. The van der Waals surface area contributed by atoms with Gasteiger partial charge < -0.3 is 4.74 Å². The summed E-state index contributed by atoms with van der Waals surface area (Å²) in [5.74, 6) is 0.309. The number of halogens is 2. The molecule has 0 aliphatic heterocycles. The number of ether oxygens (including phenoxy) is 1. The van der Waals surface area contributed by atoms with E-state index in [9.17, 15) is 4.79 Å². The van der Waals surface area contributed by atoms with Crippen molar-refractivity contribution in [2.75, 3.05) is 11.9 Å². The molecular weight excluding hydrogens is 293 g/mol. The van der Waals surface area contributed by atoms with Gasteiger partial charge in [0.05, 0.1) is 17.3 Å². The van der Waals surface area contributed by atoms with Gasteiger partial charge in [0.25, 0.3) is 0 Å². The number of carbonyl (C=O) groups is 1. The highest BCUT2D eigenvalue weighted by molar-refractivity contribution is 9.10. The molecule has 1 N–H and O–H groups in total. The van der Waals surface area contributed by atoms with Crippen LogP contribution in [0, 0.1) is 5.92 Å². The maximum Gasteiger partial charge on any atom is 0.411 e. The largest absolute Gasteiger partial charge is 0.449 e. The number of benzene rings is 1. The van der Waals surface area contributed by atoms with Gasteiger partial charge in [-0.1, -0.05) is 41.4 Å². The number of hydrogen-bond acceptors (Lipinski definition) is 2. The fourth-order valence-corrected chi connectivity index (χ4v) is 1.51. The van der Waals surface area contributed by atoms with Crippen LogP contribution in [-0.2, 0) is 4.74 Å². The Balaban J connectivity index is 2.59. The van der Waals surface area contributed by atoms with E-state index in [1.807, 2.05) is 13.8 Å². The van der Waals surface area contributed by atoms with E-state index >= 15 is 0 Å². The Hall–Kier alpha value is -0.740. The molecule has 0 bridgehead atoms. The summed E-state index contributed by atoms with van der Waals surface area (Å²) in [5.41, 5.74) is 0.532. The van der Waals surface area contributed by atoms with E-state index in [1.54, 1.807) is 18.2 Å². The minimum absolute atomic E-state index is 0.309. The molecule has 0 fully saturated rings. The van der Waals surface area contributed by atoms with E-state index in [1.165, 1.54) is 0 Å². The van der Waals surface area contributed by atoms with Crippen molar-refractivity contribution in [1.82, 2.24) is 0 Å². The van der Waals surface area contributed by atoms with Gasteiger partial charge in [-0.15, -0.1) is 0 Å². The topological polar surface area (TPSA) is 38.3 Å². The summed E-state index contributed by atoms with van der Waals surface area (Å²) in [4.78, 5) is 11.4. The monoisotopic (exact) mass is 305 g/mol. The third-order valence-corrected chi connectivity index (χ3v) is 2.54. The normalized spacial score (nSPS) is 10.3. The Morgan fingerprint density at radius 2 is 2.25 bits per heavy atom. The summed E-state index contributed by atoms with van der Waals surface area (Å²) >= 11 is 9.21. The molecule has 5 heteroatoms. The third-order valence-electron chi connectivity index (χ3n) is 1.71. The lowest BCUT2D eigenvalue weighted by Crippen LogP contribution is -2.16. The lowest BCUT2D eigenvalue weighted by molar-refractivity contribution is 0.147. The lowest BCUT2D eigenvalue weighted by atomic mass is 10.2. The van der Waals surface area contributed by atoms with Crippen molar-refractivity contribution in [1.29, 1.82) is 0 Å². The molecule has 1 aromatic rings. The quantitative estimate of drug-likeness (QED) is 0.904. The Morgan fingerprint density at radius 3 is 2.88 bits per heavy atom. The van der Waals surface area contributed by atoms with Gasteiger partial charge in [0.15, 0.2) is 0 Å². The van der Waals surface area contributed by atoms with Crippen LogP contribution in [0.5, 0.6) is 0 Å². The summed E-state index contributed by atoms with van der Waals surface area (Å²) < 4.78 is 5.82. The molecular formula is C11H13BrClNO2. The molecule has 1 amide bonds. The van der Waals surface area contributed by atoms with E-state index in [-0.39, 0.29) is 0 Å². The van der Waals surface area contributed by atoms with Crippen LogP contribution in [0.4, 0.5) is 10.5 Å². The SMILES string of the molecule is CC(C)COC(=O)Nc1cc(Br)ccc1Cl. The zero-order valence-electron chi connectivity index (χ0n) is 9.09. The molecule has 0 unspecified atom stereocenters. The smallest absolute Gasteiger partial charge is 0.411 e. The molecule has 0 atom stereocenters. The lowest BCUT2D eigenvalue weighted by Gasteiger charge is -2.10. The molecule has 1 aromatic carbocycles. The molecule has 16 heavy (non-hydrogen) atoms. The van der Waals surface area contributed by atoms with Crippen LogP contribution < -0.4 is 5.32 Å². The molecule has 1 rings (SSSR count). The third kappa shape index (κ3) is 4.41. The van der Waals surface area contributed by atoms with E-state index in [2.05, 4.69) is 21.2 Å². The molecule has 88 valence electrons. The van der Waals surface area contributed by atoms with E-state index in [4.69, 9.17) is 16.3 Å². The second-order valence-electron chi connectivity index (χ2n) is 3.74. The van der Waals surface area contributed by atoms with Crippen molar-refractivity contribution in [3.05, 3.63) is 27.7 Å². The average molecular weight is 307 g/mol. The van der Waals surface area contributed by atoms with Gasteiger partial charge in [-0.3, -0.25) is 5.32 Å². The van der Waals surface area contributed by atoms with E-state index in [0.717, 1.165) is 4.47 Å². The van der Waals surface area contributed by atoms with Crippen LogP contribution in [-0.4, -0.2) is 12.7 Å². The zero-order chi connectivity index (χ0) is 12.1. The summed E-state index contributed by atoms with van der Waals surface area (Å²) in [6, 6.07) is 5.22. The molecule has 3 nitrogen and oxygen atoms in total. The van der Waals surface area contributed by atoms with Gasteiger partial charge in [0.1, 0.15) is 0 Å². The summed E-state index contributed by atoms with van der Waals surface area (Å²) in [5, 5.41) is 3.06. The molecule has 0 aliphatic rings. The van der Waals surface area contributed by atoms with Crippen LogP contribution in [0.1, 0.15) is 13.8 Å². The highest BCUT2D eigenvalue weighted by atomic mass is 79.9. The molecule has 0 saturated carbocycles. The fourth-order valence-electron chi connectivity index (χ4n) is 0.982. The predicted octanol–water partition coefficient (Wildman–Crippen LogP) is 4.31. The van der Waals surface area contributed by atoms with Crippen molar-refractivity contribution in [2.24, 2.45) is 5.92 Å². The van der Waals surface area contributed by atoms with Crippen molar-refractivity contribution >= 4 is 39.3 Å². The Kier molecular flexibility index (Phi) is 5.09. The van der Waals surface area contributed by atoms with Gasteiger partial charge in [-0.05, 0) is 24.1 Å². The van der Waals surface area contributed by atoms with E-state index < -0.39 is 6.09 Å². The van der Waals surface area contributed by atoms with Crippen LogP contribution in [0.2, 0.25) is 5.02 Å². The van der Waals surface area contributed by atoms with E-state index in [0.29, 0.717) is 23.2 Å². The number of nitrogens with one attached hydrogen (secondary N) is 1. The Labute approximate surface area is 108 Å². The first-order valence-corrected chi connectivity index (χ1v) is 6.05. The molecule has 0 radical (unpaired) electrons. The Bertz CT molecular complexity index is 382. The van der Waals surface area contributed by atoms with Crippen molar-refractivity contribution in [3.8, 4) is 0 Å².